The van der Waals surface area contributed by atoms with E-state index in [1.165, 1.54) is 17.4 Å². The molecule has 1 N–H and O–H groups in total. The smallest absolute Gasteiger partial charge is 0.357 e. The number of aryl methyl sites for hydroxylation is 2. The van der Waals surface area contributed by atoms with E-state index in [0.717, 1.165) is 25.1 Å². The van der Waals surface area contributed by atoms with Crippen molar-refractivity contribution in [1.82, 2.24) is 4.98 Å². The largest absolute Gasteiger partial charge is 0.476 e. The lowest BCUT2D eigenvalue weighted by molar-refractivity contribution is 0.0690. The molecule has 0 saturated carbocycles. The predicted molar refractivity (Wildman–Crippen MR) is 70.0 cm³/mol. The maximum Gasteiger partial charge on any atom is 0.357 e. The van der Waals surface area contributed by atoms with Crippen molar-refractivity contribution in [2.75, 3.05) is 11.4 Å². The second-order valence-corrected chi connectivity index (χ2v) is 4.71. The highest BCUT2D eigenvalue weighted by Gasteiger charge is 2.23. The summed E-state index contributed by atoms with van der Waals surface area (Å²) in [6.07, 6.45) is 3.21. The predicted octanol–water partition coefficient (Wildman–Crippen LogP) is 2.77. The zero-order chi connectivity index (χ0) is 13.4. The Kier molecular flexibility index (Phi) is 2.74. The summed E-state index contributed by atoms with van der Waals surface area (Å²) in [4.78, 5) is 16.8. The Hall–Kier alpha value is -2.30. The van der Waals surface area contributed by atoms with Gasteiger partial charge in [0.2, 0.25) is 0 Å². The van der Waals surface area contributed by atoms with Crippen LogP contribution >= 0.6 is 0 Å². The van der Waals surface area contributed by atoms with Gasteiger partial charge in [-0.25, -0.2) is 4.79 Å². The van der Waals surface area contributed by atoms with E-state index in [4.69, 9.17) is 9.52 Å². The molecule has 0 amide bonds. The number of anilines is 2. The fourth-order valence-electron chi connectivity index (χ4n) is 2.41. The highest BCUT2D eigenvalue weighted by Crippen LogP contribution is 2.33. The van der Waals surface area contributed by atoms with Gasteiger partial charge in [0.15, 0.2) is 5.69 Å². The summed E-state index contributed by atoms with van der Waals surface area (Å²) in [5.74, 6) is -1.07. The van der Waals surface area contributed by atoms with E-state index in [1.54, 1.807) is 0 Å². The lowest BCUT2D eigenvalue weighted by Gasteiger charge is -2.28. The van der Waals surface area contributed by atoms with Gasteiger partial charge in [-0.1, -0.05) is 17.7 Å². The van der Waals surface area contributed by atoms with Crippen LogP contribution in [0.15, 0.2) is 28.9 Å². The summed E-state index contributed by atoms with van der Waals surface area (Å²) in [7, 11) is 0. The van der Waals surface area contributed by atoms with Crippen molar-refractivity contribution in [3.63, 3.8) is 0 Å². The van der Waals surface area contributed by atoms with Crippen molar-refractivity contribution in [3.8, 4) is 0 Å². The van der Waals surface area contributed by atoms with Crippen molar-refractivity contribution in [2.45, 2.75) is 19.8 Å². The highest BCUT2D eigenvalue weighted by molar-refractivity contribution is 5.85. The molecule has 0 spiro atoms. The molecule has 19 heavy (non-hydrogen) atoms. The van der Waals surface area contributed by atoms with E-state index in [9.17, 15) is 4.79 Å². The summed E-state index contributed by atoms with van der Waals surface area (Å²) in [5, 5.41) is 8.89. The molecule has 1 aliphatic heterocycles. The quantitative estimate of drug-likeness (QED) is 0.897. The lowest BCUT2D eigenvalue weighted by Crippen LogP contribution is -2.24. The number of aromatic carboxylic acids is 1. The van der Waals surface area contributed by atoms with E-state index in [0.29, 0.717) is 6.01 Å². The number of carboxylic acid groups (broad SMARTS) is 1. The van der Waals surface area contributed by atoms with Gasteiger partial charge in [0.05, 0.1) is 0 Å². The van der Waals surface area contributed by atoms with E-state index in [1.807, 2.05) is 17.0 Å². The van der Waals surface area contributed by atoms with Gasteiger partial charge in [0, 0.05) is 12.2 Å². The van der Waals surface area contributed by atoms with Gasteiger partial charge in [-0.05, 0) is 31.4 Å². The molecule has 0 unspecified atom stereocenters. The second-order valence-electron chi connectivity index (χ2n) is 4.71. The van der Waals surface area contributed by atoms with Crippen molar-refractivity contribution in [3.05, 3.63) is 41.3 Å². The first-order chi connectivity index (χ1) is 9.15. The van der Waals surface area contributed by atoms with Gasteiger partial charge in [0.1, 0.15) is 6.26 Å². The molecule has 0 fully saturated rings. The number of oxazole rings is 1. The molecule has 2 heterocycles. The summed E-state index contributed by atoms with van der Waals surface area (Å²) in [6, 6.07) is 6.58. The van der Waals surface area contributed by atoms with E-state index < -0.39 is 5.97 Å². The number of aromatic nitrogens is 1. The van der Waals surface area contributed by atoms with Crippen LogP contribution in [0.2, 0.25) is 0 Å². The number of carbonyl (C=O) groups is 1. The number of hydrogen-bond acceptors (Lipinski definition) is 4. The van der Waals surface area contributed by atoms with Gasteiger partial charge in [0.25, 0.3) is 0 Å². The zero-order valence-corrected chi connectivity index (χ0v) is 10.6. The molecule has 0 aliphatic carbocycles. The molecule has 1 aromatic heterocycles. The normalized spacial score (nSPS) is 14.3. The van der Waals surface area contributed by atoms with Crippen LogP contribution in [-0.2, 0) is 6.42 Å². The standard InChI is InChI=1S/C14H14N2O3/c1-9-4-5-12-10(7-9)3-2-6-16(12)14-15-11(8-19-14)13(17)18/h4-5,7-8H,2-3,6H2,1H3,(H,17,18). The molecule has 0 saturated heterocycles. The van der Waals surface area contributed by atoms with Gasteiger partial charge in [-0.2, -0.15) is 4.98 Å². The average molecular weight is 258 g/mol. The molecule has 0 atom stereocenters. The number of benzene rings is 1. The van der Waals surface area contributed by atoms with Crippen molar-refractivity contribution < 1.29 is 14.3 Å². The lowest BCUT2D eigenvalue weighted by atomic mass is 10.00. The Morgan fingerprint density at radius 2 is 2.32 bits per heavy atom. The summed E-state index contributed by atoms with van der Waals surface area (Å²) >= 11 is 0. The average Bonchev–Trinajstić information content (AvgIpc) is 2.87. The number of fused-ring (bicyclic) bond motifs is 1. The molecule has 1 aliphatic rings. The first-order valence-corrected chi connectivity index (χ1v) is 6.21. The van der Waals surface area contributed by atoms with Crippen LogP contribution in [0.4, 0.5) is 11.7 Å². The van der Waals surface area contributed by atoms with Gasteiger partial charge < -0.3 is 9.52 Å². The summed E-state index contributed by atoms with van der Waals surface area (Å²) in [5.41, 5.74) is 3.46. The van der Waals surface area contributed by atoms with Crippen LogP contribution < -0.4 is 4.90 Å². The molecule has 5 nitrogen and oxygen atoms in total. The molecular formula is C14H14N2O3. The van der Waals surface area contributed by atoms with Gasteiger partial charge >= 0.3 is 12.0 Å². The molecule has 2 aromatic rings. The topological polar surface area (TPSA) is 66.6 Å². The van der Waals surface area contributed by atoms with Crippen LogP contribution in [0.1, 0.15) is 28.0 Å². The minimum atomic E-state index is -1.07. The number of hydrogen-bond donors (Lipinski definition) is 1. The van der Waals surface area contributed by atoms with E-state index in [2.05, 4.69) is 18.0 Å². The molecule has 3 rings (SSSR count). The number of nitrogens with zero attached hydrogens (tertiary/aromatic N) is 2. The minimum Gasteiger partial charge on any atom is -0.476 e. The summed E-state index contributed by atoms with van der Waals surface area (Å²) in [6.45, 7) is 2.85. The third-order valence-electron chi connectivity index (χ3n) is 3.30. The van der Waals surface area contributed by atoms with Crippen LogP contribution in [0.3, 0.4) is 0 Å². The SMILES string of the molecule is Cc1ccc2c(c1)CCCN2c1nc(C(=O)O)co1. The van der Waals surface area contributed by atoms with Crippen LogP contribution in [0.25, 0.3) is 0 Å². The third kappa shape index (κ3) is 2.07. The van der Waals surface area contributed by atoms with Crippen molar-refractivity contribution in [2.24, 2.45) is 0 Å². The highest BCUT2D eigenvalue weighted by atomic mass is 16.4. The van der Waals surface area contributed by atoms with Gasteiger partial charge in [-0.3, -0.25) is 4.90 Å². The Bertz CT molecular complexity index is 633. The maximum atomic E-state index is 10.8. The zero-order valence-electron chi connectivity index (χ0n) is 10.6. The summed E-state index contributed by atoms with van der Waals surface area (Å²) < 4.78 is 5.29. The molecule has 1 aromatic carbocycles. The van der Waals surface area contributed by atoms with Crippen molar-refractivity contribution in [1.29, 1.82) is 0 Å². The van der Waals surface area contributed by atoms with Crippen molar-refractivity contribution >= 4 is 17.7 Å². The van der Waals surface area contributed by atoms with Gasteiger partial charge in [-0.15, -0.1) is 0 Å². The number of rotatable bonds is 2. The fraction of sp³-hybridized carbons (Fsp3) is 0.286. The maximum absolute atomic E-state index is 10.8. The van der Waals surface area contributed by atoms with Crippen LogP contribution in [0.5, 0.6) is 0 Å². The van der Waals surface area contributed by atoms with Crippen LogP contribution in [-0.4, -0.2) is 22.6 Å². The molecule has 98 valence electrons. The Morgan fingerprint density at radius 1 is 1.47 bits per heavy atom. The first-order valence-electron chi connectivity index (χ1n) is 6.21. The molecule has 0 radical (unpaired) electrons. The van der Waals surface area contributed by atoms with E-state index >= 15 is 0 Å². The Labute approximate surface area is 110 Å². The minimum absolute atomic E-state index is 0.0609. The monoisotopic (exact) mass is 258 g/mol. The molecule has 5 heteroatoms. The molecule has 0 bridgehead atoms. The van der Waals surface area contributed by atoms with Crippen LogP contribution in [0, 0.1) is 6.92 Å². The Morgan fingerprint density at radius 3 is 3.05 bits per heavy atom. The molecular weight excluding hydrogens is 244 g/mol. The second kappa shape index (κ2) is 4.42. The fourth-order valence-corrected chi connectivity index (χ4v) is 2.41. The third-order valence-corrected chi connectivity index (χ3v) is 3.30. The van der Waals surface area contributed by atoms with E-state index in [-0.39, 0.29) is 5.69 Å². The first kappa shape index (κ1) is 11.8. The Balaban J connectivity index is 2.00. The number of carboxylic acids is 1.